The molecule has 0 radical (unpaired) electrons. The van der Waals surface area contributed by atoms with Crippen molar-refractivity contribution in [2.75, 3.05) is 13.2 Å². The standard InChI is InChI=1S/C13H14N2O2.ClH/c14-6-12-10-2-1-3-11(9(10)4-5-16-12)13-7-15-8-17-13;/h1-3,7-8,12H,4-6,14H2;1H/t12-;/m1./s1. The Hall–Kier alpha value is -1.36. The summed E-state index contributed by atoms with van der Waals surface area (Å²) >= 11 is 0. The van der Waals surface area contributed by atoms with Crippen molar-refractivity contribution in [1.82, 2.24) is 4.98 Å². The minimum atomic E-state index is 0. The van der Waals surface area contributed by atoms with E-state index in [9.17, 15) is 0 Å². The van der Waals surface area contributed by atoms with Crippen LogP contribution >= 0.6 is 12.4 Å². The Morgan fingerprint density at radius 2 is 2.28 bits per heavy atom. The van der Waals surface area contributed by atoms with Crippen molar-refractivity contribution < 1.29 is 9.15 Å². The number of hydrogen-bond acceptors (Lipinski definition) is 4. The van der Waals surface area contributed by atoms with E-state index >= 15 is 0 Å². The molecular weight excluding hydrogens is 252 g/mol. The largest absolute Gasteiger partial charge is 0.444 e. The first-order chi connectivity index (χ1) is 8.40. The second kappa shape index (κ2) is 5.52. The van der Waals surface area contributed by atoms with E-state index in [1.807, 2.05) is 6.07 Å². The number of rotatable bonds is 2. The van der Waals surface area contributed by atoms with Gasteiger partial charge in [0.2, 0.25) is 0 Å². The highest BCUT2D eigenvalue weighted by Gasteiger charge is 2.22. The molecule has 1 aromatic carbocycles. The fraction of sp³-hybridized carbons (Fsp3) is 0.308. The van der Waals surface area contributed by atoms with Crippen molar-refractivity contribution in [2.45, 2.75) is 12.5 Å². The Morgan fingerprint density at radius 1 is 1.39 bits per heavy atom. The summed E-state index contributed by atoms with van der Waals surface area (Å²) in [7, 11) is 0. The molecule has 3 rings (SSSR count). The first kappa shape index (κ1) is 13.1. The van der Waals surface area contributed by atoms with Gasteiger partial charge in [0.05, 0.1) is 18.9 Å². The molecule has 0 fully saturated rings. The lowest BCUT2D eigenvalue weighted by atomic mass is 9.92. The number of hydrogen-bond donors (Lipinski definition) is 1. The maximum atomic E-state index is 5.73. The van der Waals surface area contributed by atoms with Crippen molar-refractivity contribution >= 4 is 12.4 Å². The number of benzene rings is 1. The summed E-state index contributed by atoms with van der Waals surface area (Å²) < 4.78 is 11.0. The number of nitrogens with zero attached hydrogens (tertiary/aromatic N) is 1. The first-order valence-corrected chi connectivity index (χ1v) is 5.72. The summed E-state index contributed by atoms with van der Waals surface area (Å²) in [6.07, 6.45) is 4.08. The lowest BCUT2D eigenvalue weighted by molar-refractivity contribution is 0.0486. The van der Waals surface area contributed by atoms with Gasteiger partial charge in [-0.2, -0.15) is 0 Å². The predicted molar refractivity (Wildman–Crippen MR) is 70.6 cm³/mol. The molecule has 0 unspecified atom stereocenters. The molecule has 1 aromatic heterocycles. The van der Waals surface area contributed by atoms with Gasteiger partial charge in [0.1, 0.15) is 0 Å². The molecule has 4 nitrogen and oxygen atoms in total. The van der Waals surface area contributed by atoms with Crippen LogP contribution in [0.3, 0.4) is 0 Å². The van der Waals surface area contributed by atoms with Crippen molar-refractivity contribution in [3.63, 3.8) is 0 Å². The number of ether oxygens (including phenoxy) is 1. The Bertz CT molecular complexity index is 514. The van der Waals surface area contributed by atoms with Crippen LogP contribution < -0.4 is 5.73 Å². The molecular formula is C13H15ClN2O2. The minimum absolute atomic E-state index is 0. The van der Waals surface area contributed by atoms with Crippen LogP contribution in [0.5, 0.6) is 0 Å². The maximum Gasteiger partial charge on any atom is 0.181 e. The predicted octanol–water partition coefficient (Wildman–Crippen LogP) is 2.34. The monoisotopic (exact) mass is 266 g/mol. The highest BCUT2D eigenvalue weighted by molar-refractivity contribution is 5.85. The summed E-state index contributed by atoms with van der Waals surface area (Å²) in [6.45, 7) is 1.22. The summed E-state index contributed by atoms with van der Waals surface area (Å²) in [5.74, 6) is 0.805. The van der Waals surface area contributed by atoms with Gasteiger partial charge >= 0.3 is 0 Å². The third-order valence-electron chi connectivity index (χ3n) is 3.14. The number of fused-ring (bicyclic) bond motifs is 1. The first-order valence-electron chi connectivity index (χ1n) is 5.72. The molecule has 0 aliphatic carbocycles. The lowest BCUT2D eigenvalue weighted by Crippen LogP contribution is -2.23. The lowest BCUT2D eigenvalue weighted by Gasteiger charge is -2.26. The Labute approximate surface area is 112 Å². The van der Waals surface area contributed by atoms with Gasteiger partial charge in [-0.1, -0.05) is 18.2 Å². The van der Waals surface area contributed by atoms with E-state index in [0.717, 1.165) is 17.7 Å². The van der Waals surface area contributed by atoms with Gasteiger partial charge in [0.25, 0.3) is 0 Å². The topological polar surface area (TPSA) is 61.3 Å². The SMILES string of the molecule is Cl.NC[C@H]1OCCc2c(-c3cnco3)cccc21. The van der Waals surface area contributed by atoms with Crippen LogP contribution in [0.4, 0.5) is 0 Å². The molecule has 0 bridgehead atoms. The normalized spacial score (nSPS) is 17.9. The van der Waals surface area contributed by atoms with E-state index in [4.69, 9.17) is 14.9 Å². The highest BCUT2D eigenvalue weighted by atomic mass is 35.5. The van der Waals surface area contributed by atoms with Gasteiger partial charge < -0.3 is 14.9 Å². The van der Waals surface area contributed by atoms with E-state index in [0.29, 0.717) is 13.2 Å². The van der Waals surface area contributed by atoms with Crippen LogP contribution in [0, 0.1) is 0 Å². The van der Waals surface area contributed by atoms with Crippen LogP contribution in [0.25, 0.3) is 11.3 Å². The van der Waals surface area contributed by atoms with Crippen LogP contribution in [0.1, 0.15) is 17.2 Å². The molecule has 18 heavy (non-hydrogen) atoms. The van der Waals surface area contributed by atoms with Gasteiger partial charge in [-0.15, -0.1) is 12.4 Å². The molecule has 96 valence electrons. The summed E-state index contributed by atoms with van der Waals surface area (Å²) in [5, 5.41) is 0. The number of aromatic nitrogens is 1. The highest BCUT2D eigenvalue weighted by Crippen LogP contribution is 2.33. The van der Waals surface area contributed by atoms with E-state index in [-0.39, 0.29) is 18.5 Å². The number of halogens is 1. The van der Waals surface area contributed by atoms with Gasteiger partial charge in [0.15, 0.2) is 12.2 Å². The molecule has 5 heteroatoms. The Balaban J connectivity index is 0.00000120. The molecule has 0 amide bonds. The molecule has 0 spiro atoms. The molecule has 1 atom stereocenters. The second-order valence-corrected chi connectivity index (χ2v) is 4.08. The number of oxazole rings is 1. The summed E-state index contributed by atoms with van der Waals surface area (Å²) in [4.78, 5) is 3.96. The van der Waals surface area contributed by atoms with Crippen LogP contribution in [-0.2, 0) is 11.2 Å². The van der Waals surface area contributed by atoms with Crippen LogP contribution in [0.15, 0.2) is 35.2 Å². The zero-order chi connectivity index (χ0) is 11.7. The molecule has 1 aliphatic heterocycles. The fourth-order valence-corrected chi connectivity index (χ4v) is 2.35. The van der Waals surface area contributed by atoms with Crippen LogP contribution in [-0.4, -0.2) is 18.1 Å². The molecule has 2 aromatic rings. The van der Waals surface area contributed by atoms with E-state index in [2.05, 4.69) is 17.1 Å². The van der Waals surface area contributed by atoms with Gasteiger partial charge in [-0.25, -0.2) is 4.98 Å². The zero-order valence-electron chi connectivity index (χ0n) is 9.83. The van der Waals surface area contributed by atoms with E-state index in [1.165, 1.54) is 17.5 Å². The molecule has 2 heterocycles. The average Bonchev–Trinajstić information content (AvgIpc) is 2.91. The minimum Gasteiger partial charge on any atom is -0.444 e. The van der Waals surface area contributed by atoms with E-state index in [1.54, 1.807) is 6.20 Å². The number of nitrogens with two attached hydrogens (primary N) is 1. The molecule has 0 saturated carbocycles. The maximum absolute atomic E-state index is 5.73. The summed E-state index contributed by atoms with van der Waals surface area (Å²) in [6, 6.07) is 6.14. The van der Waals surface area contributed by atoms with Gasteiger partial charge in [-0.3, -0.25) is 0 Å². The third-order valence-corrected chi connectivity index (χ3v) is 3.14. The van der Waals surface area contributed by atoms with Gasteiger partial charge in [0, 0.05) is 12.1 Å². The van der Waals surface area contributed by atoms with Crippen molar-refractivity contribution in [1.29, 1.82) is 0 Å². The van der Waals surface area contributed by atoms with E-state index < -0.39 is 0 Å². The Morgan fingerprint density at radius 3 is 3.00 bits per heavy atom. The van der Waals surface area contributed by atoms with Crippen molar-refractivity contribution in [3.8, 4) is 11.3 Å². The van der Waals surface area contributed by atoms with Gasteiger partial charge in [-0.05, 0) is 17.5 Å². The zero-order valence-corrected chi connectivity index (χ0v) is 10.7. The molecule has 0 saturated heterocycles. The van der Waals surface area contributed by atoms with Crippen molar-refractivity contribution in [3.05, 3.63) is 41.9 Å². The second-order valence-electron chi connectivity index (χ2n) is 4.08. The summed E-state index contributed by atoms with van der Waals surface area (Å²) in [5.41, 5.74) is 9.27. The fourth-order valence-electron chi connectivity index (χ4n) is 2.35. The quantitative estimate of drug-likeness (QED) is 0.906. The van der Waals surface area contributed by atoms with Crippen LogP contribution in [0.2, 0.25) is 0 Å². The third kappa shape index (κ3) is 2.14. The van der Waals surface area contributed by atoms with Crippen molar-refractivity contribution in [2.24, 2.45) is 5.73 Å². The molecule has 1 aliphatic rings. The Kier molecular flexibility index (Phi) is 4.01. The molecule has 2 N–H and O–H groups in total. The average molecular weight is 267 g/mol. The smallest absolute Gasteiger partial charge is 0.181 e.